The second-order valence-electron chi connectivity index (χ2n) is 20.0. The number of hydrogen-bond donors (Lipinski definition) is 0. The Hall–Kier alpha value is -4.89. The molecule has 3 nitrogen and oxygen atoms in total. The molecule has 0 unspecified atom stereocenters. The summed E-state index contributed by atoms with van der Waals surface area (Å²) in [7, 11) is 0. The molecule has 1 radical (unpaired) electrons. The van der Waals surface area contributed by atoms with Crippen LogP contribution in [0.2, 0.25) is 0 Å². The predicted molar refractivity (Wildman–Crippen MR) is 270 cm³/mol. The third kappa shape index (κ3) is 10.4. The summed E-state index contributed by atoms with van der Waals surface area (Å²) in [5.41, 5.74) is 5.12. The van der Waals surface area contributed by atoms with Crippen LogP contribution in [0.15, 0.2) is 120 Å². The summed E-state index contributed by atoms with van der Waals surface area (Å²) < 4.78 is 100. The van der Waals surface area contributed by atoms with E-state index in [2.05, 4.69) is 46.4 Å². The average molecular weight is 1050 g/mol. The van der Waals surface area contributed by atoms with Crippen LogP contribution in [0.25, 0.3) is 66.4 Å². The van der Waals surface area contributed by atoms with Gasteiger partial charge in [0.1, 0.15) is 5.58 Å². The van der Waals surface area contributed by atoms with E-state index in [1.54, 1.807) is 53.7 Å². The van der Waals surface area contributed by atoms with Crippen LogP contribution in [0.1, 0.15) is 148 Å². The van der Waals surface area contributed by atoms with E-state index in [0.29, 0.717) is 57.5 Å². The van der Waals surface area contributed by atoms with Crippen LogP contribution in [0.5, 0.6) is 0 Å². The van der Waals surface area contributed by atoms with Crippen molar-refractivity contribution in [3.05, 3.63) is 155 Å². The molecule has 65 heavy (non-hydrogen) atoms. The summed E-state index contributed by atoms with van der Waals surface area (Å²) in [5, 5.41) is 4.17. The zero-order chi connectivity index (χ0) is 54.1. The predicted octanol–water partition coefficient (Wildman–Crippen LogP) is 17.2. The molecule has 2 aliphatic carbocycles. The van der Waals surface area contributed by atoms with E-state index in [9.17, 15) is 1.37 Å². The van der Waals surface area contributed by atoms with Crippen molar-refractivity contribution in [3.63, 3.8) is 0 Å². The van der Waals surface area contributed by atoms with Gasteiger partial charge in [0.25, 0.3) is 0 Å². The zero-order valence-electron chi connectivity index (χ0n) is 49.5. The molecule has 10 rings (SSSR count). The van der Waals surface area contributed by atoms with Gasteiger partial charge in [-0.25, -0.2) is 0 Å². The first-order valence-electron chi connectivity index (χ1n) is 28.4. The number of nitrogens with zero attached hydrogens (tertiary/aromatic N) is 2. The van der Waals surface area contributed by atoms with Crippen molar-refractivity contribution in [2.45, 2.75) is 132 Å². The van der Waals surface area contributed by atoms with Crippen LogP contribution in [0.3, 0.4) is 0 Å². The topological polar surface area (TPSA) is 38.9 Å². The molecule has 0 N–H and O–H groups in total. The van der Waals surface area contributed by atoms with E-state index in [-0.39, 0.29) is 42.4 Å². The van der Waals surface area contributed by atoms with E-state index in [1.807, 2.05) is 60.7 Å². The number of rotatable bonds is 6. The Morgan fingerprint density at radius 2 is 1.38 bits per heavy atom. The second kappa shape index (κ2) is 19.1. The average Bonchev–Trinajstić information content (AvgIpc) is 3.76. The molecule has 1 spiro atoms. The number of pyridine rings is 2. The molecule has 2 saturated carbocycles. The third-order valence-corrected chi connectivity index (χ3v) is 12.9. The molecule has 8 aromatic rings. The van der Waals surface area contributed by atoms with Crippen molar-refractivity contribution in [3.8, 4) is 33.6 Å². The van der Waals surface area contributed by atoms with Gasteiger partial charge < -0.3 is 14.4 Å². The maximum atomic E-state index is 9.57. The summed E-state index contributed by atoms with van der Waals surface area (Å²) in [4.78, 5) is 9.17. The standard InChI is InChI=1S/C33H32NO.C28H34N.Ir/c1-22-21-34-30(20-29(22)24-14-18-33(19-15-24)16-5-2-6-17-33)28-11-7-10-26-27-13-12-23-8-3-4-9-25(23)31(27)35-32(26)28;1-20-13-14-22(15-25(20)21-11-9-8-10-12-21)26-16-23(17-27(2,3)4)24(19-29-26)18-28(5,6)7;/h3-4,7-10,12-13,20-21,24H,2,5-6,14-19H2,1H3;8-13,15-16,19H,17-18H2,1-7H3;/q2*-1;/i1D3,24D;1D3,17D2,18D2;. The zero-order valence-corrected chi connectivity index (χ0v) is 40.9. The van der Waals surface area contributed by atoms with Crippen molar-refractivity contribution in [1.82, 2.24) is 9.97 Å². The summed E-state index contributed by atoms with van der Waals surface area (Å²) in [6, 6.07) is 38.5. The maximum Gasteiger partial charge on any atom is 0.128 e. The van der Waals surface area contributed by atoms with Crippen LogP contribution in [-0.4, -0.2) is 9.97 Å². The fourth-order valence-electron chi connectivity index (χ4n) is 9.81. The van der Waals surface area contributed by atoms with Crippen molar-refractivity contribution >= 4 is 32.7 Å². The first kappa shape index (κ1) is 34.4. The second-order valence-corrected chi connectivity index (χ2v) is 20.0. The largest absolute Gasteiger partial charge is 0.500 e. The van der Waals surface area contributed by atoms with Crippen LogP contribution >= 0.6 is 0 Å². The van der Waals surface area contributed by atoms with Crippen molar-refractivity contribution in [2.75, 3.05) is 0 Å². The van der Waals surface area contributed by atoms with Crippen LogP contribution < -0.4 is 0 Å². The van der Waals surface area contributed by atoms with Gasteiger partial charge in [-0.05, 0) is 125 Å². The summed E-state index contributed by atoms with van der Waals surface area (Å²) in [6.07, 6.45) is 8.88. The molecule has 3 aromatic heterocycles. The van der Waals surface area contributed by atoms with Gasteiger partial charge >= 0.3 is 0 Å². The monoisotopic (exact) mass is 1050 g/mol. The van der Waals surface area contributed by atoms with E-state index in [4.69, 9.17) is 18.1 Å². The molecular formula is C61H66IrN2O-2. The van der Waals surface area contributed by atoms with Gasteiger partial charge in [0.2, 0.25) is 0 Å². The van der Waals surface area contributed by atoms with Crippen LogP contribution in [0, 0.1) is 42.1 Å². The number of fused-ring (bicyclic) bond motifs is 5. The Labute approximate surface area is 417 Å². The van der Waals surface area contributed by atoms with Gasteiger partial charge in [0.15, 0.2) is 0 Å². The number of aromatic nitrogens is 2. The molecule has 4 heteroatoms. The molecule has 2 aliphatic rings. The molecule has 0 atom stereocenters. The molecule has 0 bridgehead atoms. The molecule has 2 fully saturated rings. The Morgan fingerprint density at radius 3 is 2.12 bits per heavy atom. The number of benzene rings is 5. The first-order valence-corrected chi connectivity index (χ1v) is 22.9. The normalized spacial score (nSPS) is 19.3. The fraction of sp³-hybridized carbons (Fsp3) is 0.377. The summed E-state index contributed by atoms with van der Waals surface area (Å²) in [6.45, 7) is 6.04. The quantitative estimate of drug-likeness (QED) is 0.156. The molecule has 0 aliphatic heterocycles. The van der Waals surface area contributed by atoms with E-state index in [1.165, 1.54) is 50.6 Å². The van der Waals surface area contributed by atoms with Gasteiger partial charge in [0, 0.05) is 58.3 Å². The summed E-state index contributed by atoms with van der Waals surface area (Å²) in [5.74, 6) is -0.942. The van der Waals surface area contributed by atoms with E-state index in [0.717, 1.165) is 45.5 Å². The van der Waals surface area contributed by atoms with Crippen molar-refractivity contribution < 1.29 is 39.6 Å². The number of aryl methyl sites for hydroxylation is 2. The molecule has 337 valence electrons. The first-order chi connectivity index (χ1) is 35.0. The fourth-order valence-corrected chi connectivity index (χ4v) is 9.81. The third-order valence-electron chi connectivity index (χ3n) is 12.9. The minimum atomic E-state index is -2.34. The Balaban J connectivity index is 0.000000200. The van der Waals surface area contributed by atoms with Gasteiger partial charge in [-0.2, -0.15) is 0 Å². The number of furan rings is 1. The molecule has 5 aromatic carbocycles. The van der Waals surface area contributed by atoms with Gasteiger partial charge in [-0.15, -0.1) is 47.5 Å². The maximum absolute atomic E-state index is 9.57. The number of hydrogen-bond acceptors (Lipinski definition) is 3. The van der Waals surface area contributed by atoms with Gasteiger partial charge in [-0.1, -0.05) is 163 Å². The molecule has 0 saturated heterocycles. The van der Waals surface area contributed by atoms with Crippen LogP contribution in [0.4, 0.5) is 0 Å². The van der Waals surface area contributed by atoms with E-state index < -0.39 is 43.2 Å². The SMILES string of the molecule is [2H]C([2H])([2H])c1c[c-]c(-c2cc(C([2H])([2H])C(C)(C)C)c(C([2H])([2H])C(C)(C)C)cn2)cc1-c1ccccc1.[2H]C([2H])([2H])c1cnc(-c2[c-]ccc3c2oc2c4ccccc4ccc32)cc1C1([2H])CCC2(CCCCC2)CC1.[Ir]. The smallest absolute Gasteiger partial charge is 0.128 e. The van der Waals surface area contributed by atoms with Crippen molar-refractivity contribution in [1.29, 1.82) is 0 Å². The molecule has 3 heterocycles. The van der Waals surface area contributed by atoms with Gasteiger partial charge in [0.05, 0.1) is 5.58 Å². The van der Waals surface area contributed by atoms with Crippen LogP contribution in [-0.2, 0) is 32.9 Å². The summed E-state index contributed by atoms with van der Waals surface area (Å²) >= 11 is 0. The van der Waals surface area contributed by atoms with E-state index >= 15 is 0 Å². The molecular weight excluding hydrogens is 969 g/mol. The van der Waals surface area contributed by atoms with Gasteiger partial charge in [-0.3, -0.25) is 0 Å². The minimum absolute atomic E-state index is 0. The molecule has 0 amide bonds. The van der Waals surface area contributed by atoms with Crippen molar-refractivity contribution in [2.24, 2.45) is 16.2 Å². The Bertz CT molecular complexity index is 3390. The Kier molecular flexibility index (Phi) is 10.1. The minimum Gasteiger partial charge on any atom is -0.500 e. The Morgan fingerprint density at radius 1 is 0.692 bits per heavy atom.